The summed E-state index contributed by atoms with van der Waals surface area (Å²) in [5, 5.41) is 2.73. The van der Waals surface area contributed by atoms with Crippen LogP contribution in [0.2, 0.25) is 0 Å². The molecule has 0 bridgehead atoms. The van der Waals surface area contributed by atoms with Crippen LogP contribution in [0.15, 0.2) is 72.0 Å². The van der Waals surface area contributed by atoms with Crippen molar-refractivity contribution in [1.29, 1.82) is 0 Å². The van der Waals surface area contributed by atoms with Gasteiger partial charge in [-0.05, 0) is 89.0 Å². The monoisotopic (exact) mass is 570 g/mol. The molecule has 4 rings (SSSR count). The average molecular weight is 570 g/mol. The van der Waals surface area contributed by atoms with Crippen molar-refractivity contribution in [2.75, 3.05) is 18.0 Å². The van der Waals surface area contributed by atoms with Crippen LogP contribution < -0.4 is 10.2 Å². The fourth-order valence-corrected chi connectivity index (χ4v) is 4.19. The third kappa shape index (κ3) is 5.48. The summed E-state index contributed by atoms with van der Waals surface area (Å²) in [7, 11) is 0. The molecule has 1 aliphatic rings. The molecule has 7 nitrogen and oxygen atoms in total. The highest BCUT2D eigenvalue weighted by molar-refractivity contribution is 14.1. The van der Waals surface area contributed by atoms with E-state index in [2.05, 4.69) is 44.6 Å². The van der Waals surface area contributed by atoms with Gasteiger partial charge in [-0.15, -0.1) is 0 Å². The lowest BCUT2D eigenvalue weighted by molar-refractivity contribution is -0.116. The van der Waals surface area contributed by atoms with E-state index in [0.717, 1.165) is 14.8 Å². The smallest absolute Gasteiger partial charge is 0.414 e. The number of anilines is 1. The van der Waals surface area contributed by atoms with E-state index in [1.54, 1.807) is 42.7 Å². The number of aliphatic imine (C=N–C) groups is 1. The molecule has 1 fully saturated rings. The number of carbonyl (C=O) groups excluding carboxylic acids is 2. The number of amides is 2. The van der Waals surface area contributed by atoms with Gasteiger partial charge in [0.25, 0.3) is 0 Å². The van der Waals surface area contributed by atoms with Crippen LogP contribution in [0.5, 0.6) is 0 Å². The van der Waals surface area contributed by atoms with Crippen LogP contribution in [-0.2, 0) is 9.53 Å². The van der Waals surface area contributed by atoms with Crippen LogP contribution >= 0.6 is 22.6 Å². The van der Waals surface area contributed by atoms with Crippen LogP contribution in [0.1, 0.15) is 5.56 Å². The van der Waals surface area contributed by atoms with Crippen molar-refractivity contribution >= 4 is 58.8 Å². The second-order valence-electron chi connectivity index (χ2n) is 7.46. The standard InChI is InChI=1S/C25H20FIN4O3/c1-28-23-6-2-16(12-22(23)27)3-7-24(32)30-14-19-15-31(25(33)34-19)18-4-5-20(21(26)13-18)17-8-10-29-11-9-17/h2-13,19H,1,14-15H2,(H,30,32)/b7-3+/t19-/m0/s1. The van der Waals surface area contributed by atoms with Gasteiger partial charge in [0, 0.05) is 27.6 Å². The van der Waals surface area contributed by atoms with E-state index < -0.39 is 18.0 Å². The van der Waals surface area contributed by atoms with E-state index in [9.17, 15) is 14.0 Å². The Hall–Kier alpha value is -3.60. The molecule has 2 amide bonds. The number of pyridine rings is 1. The van der Waals surface area contributed by atoms with Crippen LogP contribution in [-0.4, -0.2) is 42.9 Å². The summed E-state index contributed by atoms with van der Waals surface area (Å²) in [6.45, 7) is 3.85. The van der Waals surface area contributed by atoms with Gasteiger partial charge in [-0.3, -0.25) is 19.7 Å². The average Bonchev–Trinajstić information content (AvgIpc) is 3.22. The van der Waals surface area contributed by atoms with Gasteiger partial charge < -0.3 is 10.1 Å². The van der Waals surface area contributed by atoms with E-state index in [-0.39, 0.29) is 19.0 Å². The number of rotatable bonds is 7. The highest BCUT2D eigenvalue weighted by atomic mass is 127. The molecule has 1 aromatic heterocycles. The van der Waals surface area contributed by atoms with Crippen molar-refractivity contribution in [3.63, 3.8) is 0 Å². The minimum atomic E-state index is -0.587. The van der Waals surface area contributed by atoms with E-state index in [0.29, 0.717) is 16.8 Å². The molecule has 2 aromatic carbocycles. The van der Waals surface area contributed by atoms with E-state index >= 15 is 0 Å². The predicted molar refractivity (Wildman–Crippen MR) is 138 cm³/mol. The maximum atomic E-state index is 14.7. The zero-order valence-electron chi connectivity index (χ0n) is 17.9. The van der Waals surface area contributed by atoms with Crippen LogP contribution in [0.4, 0.5) is 20.6 Å². The molecular formula is C25H20FIN4O3. The molecule has 1 saturated heterocycles. The number of nitrogens with zero attached hydrogens (tertiary/aromatic N) is 3. The van der Waals surface area contributed by atoms with Crippen molar-refractivity contribution in [3.05, 3.63) is 82.0 Å². The molecule has 172 valence electrons. The topological polar surface area (TPSA) is 83.9 Å². The molecule has 0 aliphatic carbocycles. The van der Waals surface area contributed by atoms with Gasteiger partial charge in [0.1, 0.15) is 11.9 Å². The summed E-state index contributed by atoms with van der Waals surface area (Å²) in [5.41, 5.74) is 3.13. The number of ether oxygens (including phenoxy) is 1. The van der Waals surface area contributed by atoms with Gasteiger partial charge in [-0.25, -0.2) is 9.18 Å². The molecular weight excluding hydrogens is 550 g/mol. The Labute approximate surface area is 209 Å². The number of cyclic esters (lactones) is 1. The Morgan fingerprint density at radius 2 is 2.06 bits per heavy atom. The summed E-state index contributed by atoms with van der Waals surface area (Å²) < 4.78 is 21.0. The number of nitrogens with one attached hydrogen (secondary N) is 1. The first-order chi connectivity index (χ1) is 16.4. The molecule has 9 heteroatoms. The number of benzene rings is 2. The number of carbonyl (C=O) groups is 2. The lowest BCUT2D eigenvalue weighted by Crippen LogP contribution is -2.33. The molecule has 34 heavy (non-hydrogen) atoms. The molecule has 3 aromatic rings. The summed E-state index contributed by atoms with van der Waals surface area (Å²) in [4.78, 5) is 33.7. The number of hydrogen-bond acceptors (Lipinski definition) is 5. The highest BCUT2D eigenvalue weighted by Gasteiger charge is 2.32. The fourth-order valence-electron chi connectivity index (χ4n) is 3.48. The Kier molecular flexibility index (Phi) is 7.31. The second kappa shape index (κ2) is 10.6. The summed E-state index contributed by atoms with van der Waals surface area (Å²) >= 11 is 2.15. The second-order valence-corrected chi connectivity index (χ2v) is 8.63. The van der Waals surface area contributed by atoms with Crippen molar-refractivity contribution in [2.45, 2.75) is 6.10 Å². The quantitative estimate of drug-likeness (QED) is 0.247. The van der Waals surface area contributed by atoms with Crippen molar-refractivity contribution in [3.8, 4) is 11.1 Å². The van der Waals surface area contributed by atoms with Gasteiger partial charge in [0.15, 0.2) is 0 Å². The Balaban J connectivity index is 1.34. The zero-order valence-corrected chi connectivity index (χ0v) is 20.1. The largest absolute Gasteiger partial charge is 0.442 e. The molecule has 1 aliphatic heterocycles. The van der Waals surface area contributed by atoms with Crippen molar-refractivity contribution in [1.82, 2.24) is 10.3 Å². The predicted octanol–water partition coefficient (Wildman–Crippen LogP) is 4.98. The summed E-state index contributed by atoms with van der Waals surface area (Å²) in [6.07, 6.45) is 5.14. The van der Waals surface area contributed by atoms with Crippen LogP contribution in [0.3, 0.4) is 0 Å². The van der Waals surface area contributed by atoms with Crippen molar-refractivity contribution in [2.24, 2.45) is 4.99 Å². The normalized spacial score (nSPS) is 15.4. The zero-order chi connectivity index (χ0) is 24.1. The molecule has 1 N–H and O–H groups in total. The number of halogens is 2. The van der Waals surface area contributed by atoms with E-state index in [4.69, 9.17) is 4.74 Å². The van der Waals surface area contributed by atoms with E-state index in [1.165, 1.54) is 17.0 Å². The SMILES string of the molecule is C=Nc1ccc(/C=C/C(=O)NC[C@H]2CN(c3ccc(-c4ccncc4)c(F)c3)C(=O)O2)cc1I. The number of aromatic nitrogens is 1. The van der Waals surface area contributed by atoms with Crippen LogP contribution in [0, 0.1) is 9.39 Å². The maximum Gasteiger partial charge on any atom is 0.414 e. The molecule has 0 saturated carbocycles. The van der Waals surface area contributed by atoms with Gasteiger partial charge in [-0.1, -0.05) is 6.07 Å². The fraction of sp³-hybridized carbons (Fsp3) is 0.120. The van der Waals surface area contributed by atoms with Crippen LogP contribution in [0.25, 0.3) is 17.2 Å². The third-order valence-corrected chi connectivity index (χ3v) is 6.07. The first kappa shape index (κ1) is 23.6. The molecule has 0 radical (unpaired) electrons. The number of hydrogen-bond donors (Lipinski definition) is 1. The van der Waals surface area contributed by atoms with E-state index in [1.807, 2.05) is 18.2 Å². The Bertz CT molecular complexity index is 1270. The molecule has 1 atom stereocenters. The van der Waals surface area contributed by atoms with Gasteiger partial charge in [0.05, 0.1) is 24.5 Å². The third-order valence-electron chi connectivity index (χ3n) is 5.20. The highest BCUT2D eigenvalue weighted by Crippen LogP contribution is 2.28. The molecule has 2 heterocycles. The minimum Gasteiger partial charge on any atom is -0.442 e. The van der Waals surface area contributed by atoms with Gasteiger partial charge >= 0.3 is 6.09 Å². The Morgan fingerprint density at radius 1 is 1.26 bits per heavy atom. The molecule has 0 unspecified atom stereocenters. The van der Waals surface area contributed by atoms with Crippen molar-refractivity contribution < 1.29 is 18.7 Å². The minimum absolute atomic E-state index is 0.139. The summed E-state index contributed by atoms with van der Waals surface area (Å²) in [5.74, 6) is -0.770. The summed E-state index contributed by atoms with van der Waals surface area (Å²) in [6, 6.07) is 13.6. The first-order valence-electron chi connectivity index (χ1n) is 10.3. The first-order valence-corrected chi connectivity index (χ1v) is 11.4. The Morgan fingerprint density at radius 3 is 2.76 bits per heavy atom. The van der Waals surface area contributed by atoms with Gasteiger partial charge in [-0.2, -0.15) is 0 Å². The molecule has 0 spiro atoms. The lowest BCUT2D eigenvalue weighted by Gasteiger charge is -2.14. The maximum absolute atomic E-state index is 14.7. The van der Waals surface area contributed by atoms with Gasteiger partial charge in [0.2, 0.25) is 5.91 Å². The lowest BCUT2D eigenvalue weighted by atomic mass is 10.1.